The number of aliphatic hydroxyl groups is 2. The topological polar surface area (TPSA) is 60.8 Å². The van der Waals surface area contributed by atoms with E-state index in [2.05, 4.69) is 0 Å². The largest absolute Gasteiger partial charge is 0.394 e. The third-order valence-corrected chi connectivity index (χ3v) is 2.79. The first kappa shape index (κ1) is 11.5. The molecule has 1 aliphatic rings. The Morgan fingerprint density at radius 3 is 2.50 bits per heavy atom. The first-order valence-electron chi connectivity index (χ1n) is 5.21. The van der Waals surface area contributed by atoms with Gasteiger partial charge in [0.05, 0.1) is 12.7 Å². The zero-order chi connectivity index (χ0) is 10.6. The molecule has 1 saturated carbocycles. The second-order valence-corrected chi connectivity index (χ2v) is 3.95. The van der Waals surface area contributed by atoms with Crippen LogP contribution in [0.3, 0.4) is 0 Å². The number of hydrogen-bond acceptors (Lipinski definition) is 3. The minimum absolute atomic E-state index is 0.00981. The van der Waals surface area contributed by atoms with Gasteiger partial charge in [0.2, 0.25) is 5.91 Å². The summed E-state index contributed by atoms with van der Waals surface area (Å²) < 4.78 is 0. The van der Waals surface area contributed by atoms with Crippen molar-refractivity contribution in [3.05, 3.63) is 0 Å². The summed E-state index contributed by atoms with van der Waals surface area (Å²) in [5, 5.41) is 18.0. The number of aliphatic hydroxyl groups excluding tert-OH is 2. The zero-order valence-corrected chi connectivity index (χ0v) is 8.65. The Kier molecular flexibility index (Phi) is 4.35. The van der Waals surface area contributed by atoms with Gasteiger partial charge in [0, 0.05) is 19.5 Å². The number of carbonyl (C=O) groups excluding carboxylic acids is 1. The molecule has 1 amide bonds. The van der Waals surface area contributed by atoms with E-state index in [1.165, 1.54) is 6.92 Å². The maximum absolute atomic E-state index is 11.3. The van der Waals surface area contributed by atoms with Crippen LogP contribution >= 0.6 is 0 Å². The molecule has 4 nitrogen and oxygen atoms in total. The van der Waals surface area contributed by atoms with Gasteiger partial charge in [-0.15, -0.1) is 0 Å². The van der Waals surface area contributed by atoms with Crippen molar-refractivity contribution in [1.82, 2.24) is 4.90 Å². The van der Waals surface area contributed by atoms with E-state index in [-0.39, 0.29) is 25.1 Å². The van der Waals surface area contributed by atoms with Gasteiger partial charge < -0.3 is 15.1 Å². The van der Waals surface area contributed by atoms with Gasteiger partial charge in [-0.2, -0.15) is 0 Å². The van der Waals surface area contributed by atoms with Crippen LogP contribution in [0, 0.1) is 0 Å². The molecule has 0 radical (unpaired) electrons. The lowest BCUT2D eigenvalue weighted by atomic mass is 10.2. The van der Waals surface area contributed by atoms with Crippen molar-refractivity contribution in [3.8, 4) is 0 Å². The highest BCUT2D eigenvalue weighted by atomic mass is 16.3. The van der Waals surface area contributed by atoms with Gasteiger partial charge in [0.1, 0.15) is 0 Å². The second-order valence-electron chi connectivity index (χ2n) is 3.95. The fourth-order valence-electron chi connectivity index (χ4n) is 2.04. The fraction of sp³-hybridized carbons (Fsp3) is 0.900. The molecular formula is C10H19NO3. The third-order valence-electron chi connectivity index (χ3n) is 2.79. The molecule has 0 aromatic rings. The van der Waals surface area contributed by atoms with Crippen LogP contribution in [0.2, 0.25) is 0 Å². The van der Waals surface area contributed by atoms with Crippen LogP contribution < -0.4 is 0 Å². The number of amides is 1. The third kappa shape index (κ3) is 2.96. The van der Waals surface area contributed by atoms with E-state index in [9.17, 15) is 9.90 Å². The molecule has 1 atom stereocenters. The van der Waals surface area contributed by atoms with Crippen molar-refractivity contribution in [2.75, 3.05) is 13.2 Å². The number of nitrogens with zero attached hydrogens (tertiary/aromatic N) is 1. The van der Waals surface area contributed by atoms with Crippen LogP contribution in [0.1, 0.15) is 32.6 Å². The Bertz CT molecular complexity index is 190. The predicted molar refractivity (Wildman–Crippen MR) is 52.7 cm³/mol. The van der Waals surface area contributed by atoms with Gasteiger partial charge in [-0.1, -0.05) is 12.8 Å². The molecule has 0 bridgehead atoms. The van der Waals surface area contributed by atoms with Crippen LogP contribution in [-0.2, 0) is 4.79 Å². The summed E-state index contributed by atoms with van der Waals surface area (Å²) in [6, 6.07) is 0.272. The smallest absolute Gasteiger partial charge is 0.219 e. The van der Waals surface area contributed by atoms with Crippen LogP contribution in [0.4, 0.5) is 0 Å². The summed E-state index contributed by atoms with van der Waals surface area (Å²) >= 11 is 0. The molecule has 0 aromatic heterocycles. The second kappa shape index (κ2) is 5.32. The summed E-state index contributed by atoms with van der Waals surface area (Å²) in [5.74, 6) is -0.00981. The standard InChI is InChI=1S/C10H19NO3/c1-8(13)11(6-10(14)7-12)9-4-2-3-5-9/h9-10,12,14H,2-7H2,1H3. The maximum Gasteiger partial charge on any atom is 0.219 e. The highest BCUT2D eigenvalue weighted by Gasteiger charge is 2.25. The van der Waals surface area contributed by atoms with E-state index in [1.54, 1.807) is 4.90 Å². The maximum atomic E-state index is 11.3. The molecule has 82 valence electrons. The molecule has 1 rings (SSSR count). The lowest BCUT2D eigenvalue weighted by Gasteiger charge is -2.29. The molecule has 4 heteroatoms. The van der Waals surface area contributed by atoms with Crippen molar-refractivity contribution in [1.29, 1.82) is 0 Å². The molecular weight excluding hydrogens is 182 g/mol. The zero-order valence-electron chi connectivity index (χ0n) is 8.65. The molecule has 1 aliphatic carbocycles. The molecule has 0 aromatic carbocycles. The van der Waals surface area contributed by atoms with Gasteiger partial charge in [0.25, 0.3) is 0 Å². The first-order valence-corrected chi connectivity index (χ1v) is 5.21. The Morgan fingerprint density at radius 2 is 2.07 bits per heavy atom. The normalized spacial score (nSPS) is 19.6. The van der Waals surface area contributed by atoms with E-state index in [4.69, 9.17) is 5.11 Å². The van der Waals surface area contributed by atoms with Gasteiger partial charge in [0.15, 0.2) is 0 Å². The Morgan fingerprint density at radius 1 is 1.50 bits per heavy atom. The highest BCUT2D eigenvalue weighted by molar-refractivity contribution is 5.73. The lowest BCUT2D eigenvalue weighted by Crippen LogP contribution is -2.43. The van der Waals surface area contributed by atoms with E-state index < -0.39 is 6.10 Å². The molecule has 0 spiro atoms. The molecule has 2 N–H and O–H groups in total. The molecule has 1 unspecified atom stereocenters. The Labute approximate surface area is 84.5 Å². The van der Waals surface area contributed by atoms with Crippen molar-refractivity contribution in [2.45, 2.75) is 44.8 Å². The SMILES string of the molecule is CC(=O)N(CC(O)CO)C1CCCC1. The minimum Gasteiger partial charge on any atom is -0.394 e. The van der Waals surface area contributed by atoms with E-state index in [1.807, 2.05) is 0 Å². The average Bonchev–Trinajstić information content (AvgIpc) is 2.65. The summed E-state index contributed by atoms with van der Waals surface area (Å²) in [4.78, 5) is 13.0. The van der Waals surface area contributed by atoms with E-state index in [0.29, 0.717) is 0 Å². The van der Waals surface area contributed by atoms with Crippen LogP contribution in [0.5, 0.6) is 0 Å². The molecule has 0 saturated heterocycles. The fourth-order valence-corrected chi connectivity index (χ4v) is 2.04. The van der Waals surface area contributed by atoms with Crippen molar-refractivity contribution in [3.63, 3.8) is 0 Å². The molecule has 14 heavy (non-hydrogen) atoms. The quantitative estimate of drug-likeness (QED) is 0.679. The number of hydrogen-bond donors (Lipinski definition) is 2. The molecule has 0 heterocycles. The Balaban J connectivity index is 2.49. The minimum atomic E-state index is -0.806. The van der Waals surface area contributed by atoms with Gasteiger partial charge in [-0.3, -0.25) is 4.79 Å². The monoisotopic (exact) mass is 201 g/mol. The van der Waals surface area contributed by atoms with E-state index in [0.717, 1.165) is 25.7 Å². The lowest BCUT2D eigenvalue weighted by molar-refractivity contribution is -0.133. The van der Waals surface area contributed by atoms with Crippen LogP contribution in [0.15, 0.2) is 0 Å². The Hall–Kier alpha value is -0.610. The van der Waals surface area contributed by atoms with Crippen molar-refractivity contribution >= 4 is 5.91 Å². The first-order chi connectivity index (χ1) is 6.65. The molecule has 1 fully saturated rings. The average molecular weight is 201 g/mol. The predicted octanol–water partition coefficient (Wildman–Crippen LogP) is 0.131. The van der Waals surface area contributed by atoms with Crippen molar-refractivity contribution < 1.29 is 15.0 Å². The van der Waals surface area contributed by atoms with Crippen molar-refractivity contribution in [2.24, 2.45) is 0 Å². The van der Waals surface area contributed by atoms with E-state index >= 15 is 0 Å². The van der Waals surface area contributed by atoms with Crippen LogP contribution in [-0.4, -0.2) is 46.3 Å². The number of rotatable bonds is 4. The summed E-state index contributed by atoms with van der Waals surface area (Å²) in [6.45, 7) is 1.50. The molecule has 0 aliphatic heterocycles. The van der Waals surface area contributed by atoms with Crippen LogP contribution in [0.25, 0.3) is 0 Å². The summed E-state index contributed by atoms with van der Waals surface area (Å²) in [7, 11) is 0. The summed E-state index contributed by atoms with van der Waals surface area (Å²) in [5.41, 5.74) is 0. The number of carbonyl (C=O) groups is 1. The van der Waals surface area contributed by atoms with Gasteiger partial charge in [-0.05, 0) is 12.8 Å². The highest BCUT2D eigenvalue weighted by Crippen LogP contribution is 2.23. The van der Waals surface area contributed by atoms with Gasteiger partial charge in [-0.25, -0.2) is 0 Å². The summed E-state index contributed by atoms with van der Waals surface area (Å²) in [6.07, 6.45) is 3.56. The van der Waals surface area contributed by atoms with Gasteiger partial charge >= 0.3 is 0 Å².